The van der Waals surface area contributed by atoms with Gasteiger partial charge in [0.1, 0.15) is 5.75 Å². The number of hydrogen-bond acceptors (Lipinski definition) is 3. The highest BCUT2D eigenvalue weighted by atomic mass is 35.5. The molecule has 0 bridgehead atoms. The van der Waals surface area contributed by atoms with Gasteiger partial charge in [-0.05, 0) is 18.6 Å². The number of nitrogens with one attached hydrogen (secondary N) is 1. The maximum Gasteiger partial charge on any atom is 0.306 e. The lowest BCUT2D eigenvalue weighted by Gasteiger charge is -2.09. The van der Waals surface area contributed by atoms with Crippen molar-refractivity contribution < 1.29 is 19.4 Å². The molecular weight excluding hydrogens is 317 g/mol. The van der Waals surface area contributed by atoms with Crippen molar-refractivity contribution in [3.8, 4) is 5.75 Å². The van der Waals surface area contributed by atoms with Crippen LogP contribution >= 0.6 is 23.2 Å². The Morgan fingerprint density at radius 1 is 1.33 bits per heavy atom. The predicted octanol–water partition coefficient (Wildman–Crippen LogP) is 2.99. The van der Waals surface area contributed by atoms with Gasteiger partial charge in [-0.25, -0.2) is 0 Å². The normalized spacial score (nSPS) is 11.8. The van der Waals surface area contributed by atoms with E-state index in [0.717, 1.165) is 0 Å². The molecule has 0 fully saturated rings. The number of halogens is 2. The van der Waals surface area contributed by atoms with Crippen molar-refractivity contribution in [2.75, 3.05) is 13.2 Å². The predicted molar refractivity (Wildman–Crippen MR) is 81.0 cm³/mol. The van der Waals surface area contributed by atoms with E-state index in [1.54, 1.807) is 25.1 Å². The van der Waals surface area contributed by atoms with E-state index in [-0.39, 0.29) is 18.9 Å². The first-order chi connectivity index (χ1) is 9.90. The van der Waals surface area contributed by atoms with Crippen LogP contribution in [0.15, 0.2) is 18.2 Å². The van der Waals surface area contributed by atoms with E-state index in [4.69, 9.17) is 33.0 Å². The number of hydrogen-bond donors (Lipinski definition) is 2. The molecule has 1 amide bonds. The van der Waals surface area contributed by atoms with Crippen molar-refractivity contribution in [3.05, 3.63) is 28.2 Å². The zero-order valence-electron chi connectivity index (χ0n) is 11.6. The summed E-state index contributed by atoms with van der Waals surface area (Å²) in [6.07, 6.45) is 0.580. The van der Waals surface area contributed by atoms with Crippen LogP contribution in [0.4, 0.5) is 0 Å². The van der Waals surface area contributed by atoms with Gasteiger partial charge in [-0.1, -0.05) is 30.1 Å². The van der Waals surface area contributed by atoms with Crippen LogP contribution in [0, 0.1) is 5.92 Å². The topological polar surface area (TPSA) is 75.6 Å². The van der Waals surface area contributed by atoms with E-state index in [1.165, 1.54) is 0 Å². The van der Waals surface area contributed by atoms with Crippen molar-refractivity contribution in [1.29, 1.82) is 0 Å². The minimum absolute atomic E-state index is 0.182. The number of rotatable bonds is 8. The van der Waals surface area contributed by atoms with Crippen molar-refractivity contribution in [1.82, 2.24) is 5.32 Å². The standard InChI is InChI=1S/C14H17Cl2NO4/c1-9(14(19)20)4-6-17-13(18)5-7-21-10-2-3-11(15)12(16)8-10/h2-3,8-9H,4-7H2,1H3,(H,17,18)(H,19,20). The Morgan fingerprint density at radius 3 is 2.67 bits per heavy atom. The quantitative estimate of drug-likeness (QED) is 0.766. The van der Waals surface area contributed by atoms with Crippen molar-refractivity contribution in [2.45, 2.75) is 19.8 Å². The molecule has 2 N–H and O–H groups in total. The van der Waals surface area contributed by atoms with Gasteiger partial charge < -0.3 is 15.2 Å². The molecule has 1 atom stereocenters. The van der Waals surface area contributed by atoms with Crippen LogP contribution in [0.5, 0.6) is 5.75 Å². The fourth-order valence-corrected chi connectivity index (χ4v) is 1.76. The third kappa shape index (κ3) is 6.69. The van der Waals surface area contributed by atoms with Crippen molar-refractivity contribution in [2.24, 2.45) is 5.92 Å². The Hall–Kier alpha value is -1.46. The van der Waals surface area contributed by atoms with E-state index in [0.29, 0.717) is 28.8 Å². The van der Waals surface area contributed by atoms with Crippen LogP contribution in [0.2, 0.25) is 10.0 Å². The molecule has 1 rings (SSSR count). The molecule has 21 heavy (non-hydrogen) atoms. The number of amides is 1. The Kier molecular flexibility index (Phi) is 7.32. The average molecular weight is 334 g/mol. The molecule has 7 heteroatoms. The molecule has 0 saturated heterocycles. The summed E-state index contributed by atoms with van der Waals surface area (Å²) >= 11 is 11.6. The Bertz CT molecular complexity index is 508. The van der Waals surface area contributed by atoms with E-state index in [9.17, 15) is 9.59 Å². The maximum absolute atomic E-state index is 11.5. The lowest BCUT2D eigenvalue weighted by Crippen LogP contribution is -2.28. The van der Waals surface area contributed by atoms with Gasteiger partial charge in [0.15, 0.2) is 0 Å². The van der Waals surface area contributed by atoms with Crippen LogP contribution in [0.3, 0.4) is 0 Å². The summed E-state index contributed by atoms with van der Waals surface area (Å²) in [5, 5.41) is 12.2. The van der Waals surface area contributed by atoms with Gasteiger partial charge in [0, 0.05) is 12.6 Å². The third-order valence-corrected chi connectivity index (χ3v) is 3.55. The SMILES string of the molecule is CC(CCNC(=O)CCOc1ccc(Cl)c(Cl)c1)C(=O)O. The van der Waals surface area contributed by atoms with Gasteiger partial charge in [0.25, 0.3) is 0 Å². The Morgan fingerprint density at radius 2 is 2.05 bits per heavy atom. The third-order valence-electron chi connectivity index (χ3n) is 2.81. The maximum atomic E-state index is 11.5. The molecule has 0 spiro atoms. The molecule has 0 aromatic heterocycles. The average Bonchev–Trinajstić information content (AvgIpc) is 2.42. The smallest absolute Gasteiger partial charge is 0.306 e. The summed E-state index contributed by atoms with van der Waals surface area (Å²) in [6.45, 7) is 2.14. The van der Waals surface area contributed by atoms with Crippen molar-refractivity contribution in [3.63, 3.8) is 0 Å². The second-order valence-corrected chi connectivity index (χ2v) is 5.37. The van der Waals surface area contributed by atoms with Crippen LogP contribution in [-0.4, -0.2) is 30.1 Å². The van der Waals surface area contributed by atoms with Crippen LogP contribution in [0.1, 0.15) is 19.8 Å². The fourth-order valence-electron chi connectivity index (χ4n) is 1.47. The molecular formula is C14H17Cl2NO4. The molecule has 1 unspecified atom stereocenters. The molecule has 0 aliphatic heterocycles. The fraction of sp³-hybridized carbons (Fsp3) is 0.429. The summed E-state index contributed by atoms with van der Waals surface area (Å²) in [7, 11) is 0. The van der Waals surface area contributed by atoms with Gasteiger partial charge in [-0.15, -0.1) is 0 Å². The second-order valence-electron chi connectivity index (χ2n) is 4.55. The lowest BCUT2D eigenvalue weighted by atomic mass is 10.1. The largest absolute Gasteiger partial charge is 0.493 e. The minimum Gasteiger partial charge on any atom is -0.493 e. The first-order valence-electron chi connectivity index (χ1n) is 6.47. The highest BCUT2D eigenvalue weighted by Crippen LogP contribution is 2.26. The summed E-state index contributed by atoms with van der Waals surface area (Å²) in [5.74, 6) is -0.991. The first kappa shape index (κ1) is 17.6. The number of ether oxygens (including phenoxy) is 1. The molecule has 116 valence electrons. The summed E-state index contributed by atoms with van der Waals surface area (Å²) in [6, 6.07) is 4.86. The number of carbonyl (C=O) groups excluding carboxylic acids is 1. The van der Waals surface area contributed by atoms with Crippen LogP contribution in [-0.2, 0) is 9.59 Å². The molecule has 0 heterocycles. The van der Waals surface area contributed by atoms with E-state index in [1.807, 2.05) is 0 Å². The number of aliphatic carboxylic acids is 1. The summed E-state index contributed by atoms with van der Waals surface area (Å²) in [4.78, 5) is 22.1. The van der Waals surface area contributed by atoms with Gasteiger partial charge in [-0.2, -0.15) is 0 Å². The molecule has 1 aromatic rings. The van der Waals surface area contributed by atoms with Crippen LogP contribution < -0.4 is 10.1 Å². The molecule has 0 saturated carbocycles. The summed E-state index contributed by atoms with van der Waals surface area (Å²) in [5.41, 5.74) is 0. The zero-order chi connectivity index (χ0) is 15.8. The molecule has 5 nitrogen and oxygen atoms in total. The Balaban J connectivity index is 2.21. The number of carboxylic acid groups (broad SMARTS) is 1. The van der Waals surface area contributed by atoms with E-state index >= 15 is 0 Å². The minimum atomic E-state index is -0.868. The second kappa shape index (κ2) is 8.74. The van der Waals surface area contributed by atoms with Gasteiger partial charge >= 0.3 is 5.97 Å². The highest BCUT2D eigenvalue weighted by Gasteiger charge is 2.10. The number of benzene rings is 1. The Labute approximate surface area is 133 Å². The lowest BCUT2D eigenvalue weighted by molar-refractivity contribution is -0.141. The van der Waals surface area contributed by atoms with E-state index < -0.39 is 11.9 Å². The molecule has 0 aliphatic carbocycles. The van der Waals surface area contributed by atoms with Gasteiger partial charge in [0.05, 0.1) is 29.0 Å². The number of carbonyl (C=O) groups is 2. The van der Waals surface area contributed by atoms with Gasteiger partial charge in [0.2, 0.25) is 5.91 Å². The van der Waals surface area contributed by atoms with E-state index in [2.05, 4.69) is 5.32 Å². The van der Waals surface area contributed by atoms with Crippen LogP contribution in [0.25, 0.3) is 0 Å². The molecule has 1 aromatic carbocycles. The monoisotopic (exact) mass is 333 g/mol. The summed E-state index contributed by atoms with van der Waals surface area (Å²) < 4.78 is 5.38. The van der Waals surface area contributed by atoms with Gasteiger partial charge in [-0.3, -0.25) is 9.59 Å². The molecule has 0 aliphatic rings. The first-order valence-corrected chi connectivity index (χ1v) is 7.23. The van der Waals surface area contributed by atoms with Crippen molar-refractivity contribution >= 4 is 35.1 Å². The zero-order valence-corrected chi connectivity index (χ0v) is 13.1. The highest BCUT2D eigenvalue weighted by molar-refractivity contribution is 6.42. The number of carboxylic acids is 1. The molecule has 0 radical (unpaired) electrons.